The van der Waals surface area contributed by atoms with Gasteiger partial charge in [-0.2, -0.15) is 0 Å². The predicted molar refractivity (Wildman–Crippen MR) is 115 cm³/mol. The average Bonchev–Trinajstić information content (AvgIpc) is 3.03. The van der Waals surface area contributed by atoms with E-state index in [1.807, 2.05) is 23.7 Å². The first-order valence-corrected chi connectivity index (χ1v) is 10.3. The Morgan fingerprint density at radius 2 is 1.69 bits per heavy atom. The fourth-order valence-electron chi connectivity index (χ4n) is 2.78. The molecule has 2 aromatic carbocycles. The summed E-state index contributed by atoms with van der Waals surface area (Å²) in [5.74, 6) is 0.229. The van der Waals surface area contributed by atoms with Crippen molar-refractivity contribution in [1.29, 1.82) is 0 Å². The van der Waals surface area contributed by atoms with E-state index in [1.54, 1.807) is 6.92 Å². The Balaban J connectivity index is 1.70. The third-order valence-electron chi connectivity index (χ3n) is 4.61. The lowest BCUT2D eigenvalue weighted by molar-refractivity contribution is -0.115. The number of carbonyl (C=O) groups excluding carboxylic acids is 1. The number of nitrogens with one attached hydrogen (secondary N) is 1. The Morgan fingerprint density at radius 1 is 1.07 bits per heavy atom. The van der Waals surface area contributed by atoms with Crippen LogP contribution in [0.4, 0.5) is 10.1 Å². The van der Waals surface area contributed by atoms with Gasteiger partial charge in [-0.1, -0.05) is 56.8 Å². The average molecular weight is 413 g/mol. The molecule has 1 amide bonds. The van der Waals surface area contributed by atoms with E-state index >= 15 is 0 Å². The molecule has 0 aliphatic rings. The van der Waals surface area contributed by atoms with E-state index in [9.17, 15) is 9.18 Å². The van der Waals surface area contributed by atoms with E-state index in [4.69, 9.17) is 0 Å². The molecule has 0 unspecified atom stereocenters. The molecular formula is C22H25FN4OS. The molecule has 1 heterocycles. The molecule has 7 heteroatoms. The lowest BCUT2D eigenvalue weighted by Gasteiger charge is -2.19. The Hall–Kier alpha value is -2.67. The Morgan fingerprint density at radius 3 is 2.28 bits per heavy atom. The van der Waals surface area contributed by atoms with E-state index < -0.39 is 0 Å². The number of rotatable bonds is 5. The van der Waals surface area contributed by atoms with E-state index in [1.165, 1.54) is 41.6 Å². The lowest BCUT2D eigenvalue weighted by Crippen LogP contribution is -2.22. The van der Waals surface area contributed by atoms with E-state index in [0.29, 0.717) is 10.8 Å². The normalized spacial score (nSPS) is 12.6. The van der Waals surface area contributed by atoms with Crippen molar-refractivity contribution >= 4 is 23.4 Å². The molecule has 0 spiro atoms. The highest BCUT2D eigenvalue weighted by atomic mass is 32.2. The number of benzene rings is 2. The van der Waals surface area contributed by atoms with Crippen LogP contribution in [0.15, 0.2) is 53.7 Å². The molecule has 0 bridgehead atoms. The van der Waals surface area contributed by atoms with Crippen molar-refractivity contribution in [2.24, 2.45) is 7.05 Å². The molecule has 0 saturated carbocycles. The molecule has 152 valence electrons. The standard InChI is InChI=1S/C22H25FN4OS/c1-14(20(28)24-18-12-10-17(23)11-13-18)29-21-26-25-19(27(21)5)15-6-8-16(9-7-15)22(2,3)4/h6-14H,1-5H3,(H,24,28)/t14-/m1/s1. The second-order valence-corrected chi connectivity index (χ2v) is 9.26. The summed E-state index contributed by atoms with van der Waals surface area (Å²) >= 11 is 1.33. The molecule has 3 rings (SSSR count). The van der Waals surface area contributed by atoms with Gasteiger partial charge in [0, 0.05) is 18.3 Å². The van der Waals surface area contributed by atoms with E-state index in [-0.39, 0.29) is 22.4 Å². The minimum atomic E-state index is -0.390. The van der Waals surface area contributed by atoms with Crippen LogP contribution >= 0.6 is 11.8 Å². The van der Waals surface area contributed by atoms with E-state index in [0.717, 1.165) is 11.4 Å². The van der Waals surface area contributed by atoms with Gasteiger partial charge in [0.05, 0.1) is 5.25 Å². The maximum Gasteiger partial charge on any atom is 0.237 e. The number of hydrogen-bond donors (Lipinski definition) is 1. The zero-order valence-electron chi connectivity index (χ0n) is 17.2. The predicted octanol–water partition coefficient (Wildman–Crippen LogP) is 5.04. The summed E-state index contributed by atoms with van der Waals surface area (Å²) in [7, 11) is 1.89. The first-order valence-electron chi connectivity index (χ1n) is 9.38. The largest absolute Gasteiger partial charge is 0.325 e. The highest BCUT2D eigenvalue weighted by Gasteiger charge is 2.20. The maximum atomic E-state index is 13.0. The Bertz CT molecular complexity index is 991. The van der Waals surface area contributed by atoms with Gasteiger partial charge in [0.1, 0.15) is 5.82 Å². The Kier molecular flexibility index (Phi) is 6.07. The number of amides is 1. The van der Waals surface area contributed by atoms with Crippen molar-refractivity contribution < 1.29 is 9.18 Å². The van der Waals surface area contributed by atoms with E-state index in [2.05, 4.69) is 48.4 Å². The van der Waals surface area contributed by atoms with Gasteiger partial charge in [-0.05, 0) is 42.2 Å². The third kappa shape index (κ3) is 5.03. The quantitative estimate of drug-likeness (QED) is 0.597. The fraction of sp³-hybridized carbons (Fsp3) is 0.318. The van der Waals surface area contributed by atoms with Crippen molar-refractivity contribution in [3.8, 4) is 11.4 Å². The minimum absolute atomic E-state index is 0.0900. The van der Waals surface area contributed by atoms with Gasteiger partial charge in [0.2, 0.25) is 5.91 Å². The summed E-state index contributed by atoms with van der Waals surface area (Å²) in [5, 5.41) is 11.6. The number of anilines is 1. The maximum absolute atomic E-state index is 13.0. The summed E-state index contributed by atoms with van der Waals surface area (Å²) in [4.78, 5) is 12.4. The second-order valence-electron chi connectivity index (χ2n) is 7.95. The van der Waals surface area contributed by atoms with Gasteiger partial charge >= 0.3 is 0 Å². The summed E-state index contributed by atoms with van der Waals surface area (Å²) < 4.78 is 14.9. The monoisotopic (exact) mass is 412 g/mol. The molecule has 1 N–H and O–H groups in total. The lowest BCUT2D eigenvalue weighted by atomic mass is 9.87. The van der Waals surface area contributed by atoms with Crippen LogP contribution in [0.2, 0.25) is 0 Å². The van der Waals surface area contributed by atoms with Crippen LogP contribution < -0.4 is 5.32 Å². The van der Waals surface area contributed by atoms with Crippen LogP contribution in [-0.2, 0) is 17.3 Å². The third-order valence-corrected chi connectivity index (χ3v) is 5.74. The fourth-order valence-corrected chi connectivity index (χ4v) is 3.59. The number of aromatic nitrogens is 3. The van der Waals surface area contributed by atoms with Gasteiger partial charge in [-0.15, -0.1) is 10.2 Å². The second kappa shape index (κ2) is 8.37. The highest BCUT2D eigenvalue weighted by Crippen LogP contribution is 2.28. The molecule has 29 heavy (non-hydrogen) atoms. The van der Waals surface area contributed by atoms with Gasteiger partial charge in [0.15, 0.2) is 11.0 Å². The summed E-state index contributed by atoms with van der Waals surface area (Å²) in [6.07, 6.45) is 0. The number of nitrogens with zero attached hydrogens (tertiary/aromatic N) is 3. The van der Waals surface area contributed by atoms with Gasteiger partial charge in [-0.3, -0.25) is 4.79 Å². The topological polar surface area (TPSA) is 59.8 Å². The molecule has 0 radical (unpaired) electrons. The molecule has 0 aliphatic heterocycles. The van der Waals surface area contributed by atoms with Crippen LogP contribution in [0, 0.1) is 5.82 Å². The molecule has 0 aliphatic carbocycles. The molecule has 0 fully saturated rings. The number of hydrogen-bond acceptors (Lipinski definition) is 4. The molecule has 1 atom stereocenters. The van der Waals surface area contributed by atoms with Gasteiger partial charge in [0.25, 0.3) is 0 Å². The first-order chi connectivity index (χ1) is 13.6. The van der Waals surface area contributed by atoms with Crippen molar-refractivity contribution in [1.82, 2.24) is 14.8 Å². The van der Waals surface area contributed by atoms with Gasteiger partial charge < -0.3 is 9.88 Å². The minimum Gasteiger partial charge on any atom is -0.325 e. The van der Waals surface area contributed by atoms with Gasteiger partial charge in [-0.25, -0.2) is 4.39 Å². The van der Waals surface area contributed by atoms with Crippen LogP contribution in [0.25, 0.3) is 11.4 Å². The van der Waals surface area contributed by atoms with Crippen LogP contribution in [0.3, 0.4) is 0 Å². The summed E-state index contributed by atoms with van der Waals surface area (Å²) in [6.45, 7) is 8.34. The molecule has 5 nitrogen and oxygen atoms in total. The SMILES string of the molecule is C[C@@H](Sc1nnc(-c2ccc(C(C)(C)C)cc2)n1C)C(=O)Nc1ccc(F)cc1. The number of halogens is 1. The number of thioether (sulfide) groups is 1. The van der Waals surface area contributed by atoms with Crippen LogP contribution in [0.5, 0.6) is 0 Å². The summed E-state index contributed by atoms with van der Waals surface area (Å²) in [6, 6.07) is 14.0. The highest BCUT2D eigenvalue weighted by molar-refractivity contribution is 8.00. The van der Waals surface area contributed by atoms with Crippen molar-refractivity contribution in [2.45, 2.75) is 43.5 Å². The number of carbonyl (C=O) groups is 1. The van der Waals surface area contributed by atoms with Crippen LogP contribution in [0.1, 0.15) is 33.3 Å². The first kappa shape index (κ1) is 21.0. The Labute approximate surface area is 174 Å². The zero-order valence-corrected chi connectivity index (χ0v) is 18.0. The molecule has 1 aromatic heterocycles. The smallest absolute Gasteiger partial charge is 0.237 e. The van der Waals surface area contributed by atoms with Crippen molar-refractivity contribution in [2.75, 3.05) is 5.32 Å². The van der Waals surface area contributed by atoms with Crippen molar-refractivity contribution in [3.05, 3.63) is 59.9 Å². The zero-order chi connectivity index (χ0) is 21.2. The molecule has 3 aromatic rings. The van der Waals surface area contributed by atoms with Crippen LogP contribution in [-0.4, -0.2) is 25.9 Å². The molecule has 0 saturated heterocycles. The van der Waals surface area contributed by atoms with Crippen molar-refractivity contribution in [3.63, 3.8) is 0 Å². The molecular weight excluding hydrogens is 387 g/mol. The summed E-state index contributed by atoms with van der Waals surface area (Å²) in [5.41, 5.74) is 2.88.